The van der Waals surface area contributed by atoms with Crippen LogP contribution in [0.3, 0.4) is 0 Å². The maximum Gasteiger partial charge on any atom is 0.0719 e. The van der Waals surface area contributed by atoms with E-state index in [0.29, 0.717) is 10.0 Å². The van der Waals surface area contributed by atoms with Crippen LogP contribution >= 0.6 is 23.2 Å². The van der Waals surface area contributed by atoms with Gasteiger partial charge in [0.05, 0.1) is 15.7 Å². The number of nitrogens with one attached hydrogen (secondary N) is 2. The average Bonchev–Trinajstić information content (AvgIpc) is 2.85. The summed E-state index contributed by atoms with van der Waals surface area (Å²) < 4.78 is 0. The number of aromatic amines is 1. The van der Waals surface area contributed by atoms with Gasteiger partial charge in [0.15, 0.2) is 0 Å². The Kier molecular flexibility index (Phi) is 4.09. The fourth-order valence-corrected chi connectivity index (χ4v) is 3.26. The molecule has 21 heavy (non-hydrogen) atoms. The van der Waals surface area contributed by atoms with Crippen molar-refractivity contribution in [1.29, 1.82) is 0 Å². The maximum absolute atomic E-state index is 6.24. The van der Waals surface area contributed by atoms with Crippen LogP contribution in [0.1, 0.15) is 11.1 Å². The van der Waals surface area contributed by atoms with Crippen molar-refractivity contribution in [3.63, 3.8) is 0 Å². The summed E-state index contributed by atoms with van der Waals surface area (Å²) in [6.45, 7) is 2.76. The average molecular weight is 319 g/mol. The molecule has 0 atom stereocenters. The number of aryl methyl sites for hydroxylation is 1. The minimum atomic E-state index is 0.666. The second-order valence-electron chi connectivity index (χ2n) is 5.14. The second kappa shape index (κ2) is 6.00. The van der Waals surface area contributed by atoms with Gasteiger partial charge in [-0.25, -0.2) is 0 Å². The molecule has 0 fully saturated rings. The van der Waals surface area contributed by atoms with Crippen LogP contribution in [0.2, 0.25) is 10.0 Å². The van der Waals surface area contributed by atoms with E-state index in [1.165, 1.54) is 16.5 Å². The molecule has 0 spiro atoms. The lowest BCUT2D eigenvalue weighted by molar-refractivity contribution is 1.03. The van der Waals surface area contributed by atoms with E-state index in [9.17, 15) is 0 Å². The van der Waals surface area contributed by atoms with Crippen LogP contribution in [0.25, 0.3) is 10.9 Å². The molecule has 0 aliphatic carbocycles. The van der Waals surface area contributed by atoms with Gasteiger partial charge in [-0.1, -0.05) is 41.4 Å². The molecule has 2 nitrogen and oxygen atoms in total. The van der Waals surface area contributed by atoms with Crippen LogP contribution in [-0.4, -0.2) is 11.5 Å². The van der Waals surface area contributed by atoms with Gasteiger partial charge >= 0.3 is 0 Å². The summed E-state index contributed by atoms with van der Waals surface area (Å²) in [4.78, 5) is 3.29. The van der Waals surface area contributed by atoms with Gasteiger partial charge in [-0.15, -0.1) is 0 Å². The summed E-state index contributed by atoms with van der Waals surface area (Å²) in [5.41, 5.74) is 4.33. The summed E-state index contributed by atoms with van der Waals surface area (Å²) in [6.07, 6.45) is 2.97. The Morgan fingerprint density at radius 3 is 2.57 bits per heavy atom. The standard InChI is InChI=1S/C17H16Cl2N2/c1-11-8-14(18)17(15(19)9-11)20-7-6-12-10-21-16-5-3-2-4-13(12)16/h2-5,8-10,20-21H,6-7H2,1H3. The molecule has 0 aliphatic heterocycles. The highest BCUT2D eigenvalue weighted by Crippen LogP contribution is 2.31. The number of benzene rings is 2. The summed E-state index contributed by atoms with van der Waals surface area (Å²) in [5.74, 6) is 0. The van der Waals surface area contributed by atoms with E-state index in [1.54, 1.807) is 0 Å². The molecule has 0 unspecified atom stereocenters. The van der Waals surface area contributed by atoms with E-state index >= 15 is 0 Å². The smallest absolute Gasteiger partial charge is 0.0719 e. The highest BCUT2D eigenvalue weighted by atomic mass is 35.5. The fourth-order valence-electron chi connectivity index (χ4n) is 2.53. The van der Waals surface area contributed by atoms with E-state index < -0.39 is 0 Å². The minimum absolute atomic E-state index is 0.666. The van der Waals surface area contributed by atoms with Crippen molar-refractivity contribution >= 4 is 39.8 Å². The third-order valence-corrected chi connectivity index (χ3v) is 4.15. The molecule has 0 amide bonds. The lowest BCUT2D eigenvalue weighted by Gasteiger charge is -2.11. The molecule has 1 heterocycles. The van der Waals surface area contributed by atoms with Gasteiger partial charge in [-0.3, -0.25) is 0 Å². The number of aromatic nitrogens is 1. The molecule has 1 aromatic heterocycles. The Morgan fingerprint density at radius 1 is 1.10 bits per heavy atom. The van der Waals surface area contributed by atoms with Crippen molar-refractivity contribution in [3.05, 3.63) is 63.8 Å². The topological polar surface area (TPSA) is 27.8 Å². The first-order valence-corrected chi connectivity index (χ1v) is 7.65. The lowest BCUT2D eigenvalue weighted by atomic mass is 10.1. The third-order valence-electron chi connectivity index (χ3n) is 3.56. The van der Waals surface area contributed by atoms with E-state index in [0.717, 1.165) is 24.2 Å². The van der Waals surface area contributed by atoms with Gasteiger partial charge in [0.25, 0.3) is 0 Å². The van der Waals surface area contributed by atoms with Gasteiger partial charge in [-0.05, 0) is 42.7 Å². The Bertz CT molecular complexity index is 754. The molecule has 3 aromatic rings. The van der Waals surface area contributed by atoms with Crippen LogP contribution in [0.5, 0.6) is 0 Å². The van der Waals surface area contributed by atoms with E-state index in [2.05, 4.69) is 34.7 Å². The maximum atomic E-state index is 6.24. The molecule has 0 bridgehead atoms. The first-order chi connectivity index (χ1) is 10.1. The first-order valence-electron chi connectivity index (χ1n) is 6.89. The number of hydrogen-bond donors (Lipinski definition) is 2. The normalized spacial score (nSPS) is 11.0. The van der Waals surface area contributed by atoms with Gasteiger partial charge in [0, 0.05) is 23.6 Å². The summed E-state index contributed by atoms with van der Waals surface area (Å²) in [7, 11) is 0. The SMILES string of the molecule is Cc1cc(Cl)c(NCCc2c[nH]c3ccccc23)c(Cl)c1. The Morgan fingerprint density at radius 2 is 1.81 bits per heavy atom. The Labute approximate surface area is 134 Å². The summed E-state index contributed by atoms with van der Waals surface area (Å²) in [5, 5.41) is 5.93. The zero-order valence-electron chi connectivity index (χ0n) is 11.7. The summed E-state index contributed by atoms with van der Waals surface area (Å²) in [6, 6.07) is 12.1. The van der Waals surface area contributed by atoms with Gasteiger partial charge in [-0.2, -0.15) is 0 Å². The zero-order valence-corrected chi connectivity index (χ0v) is 13.2. The van der Waals surface area contributed by atoms with Gasteiger partial charge in [0.1, 0.15) is 0 Å². The largest absolute Gasteiger partial charge is 0.382 e. The highest BCUT2D eigenvalue weighted by molar-refractivity contribution is 6.39. The van der Waals surface area contributed by atoms with Crippen LogP contribution in [-0.2, 0) is 6.42 Å². The summed E-state index contributed by atoms with van der Waals surface area (Å²) >= 11 is 12.5. The fraction of sp³-hybridized carbons (Fsp3) is 0.176. The molecular weight excluding hydrogens is 303 g/mol. The molecule has 0 radical (unpaired) electrons. The van der Waals surface area contributed by atoms with Gasteiger partial charge < -0.3 is 10.3 Å². The first kappa shape index (κ1) is 14.3. The monoisotopic (exact) mass is 318 g/mol. The molecular formula is C17H16Cl2N2. The van der Waals surface area contributed by atoms with Crippen molar-refractivity contribution in [2.24, 2.45) is 0 Å². The van der Waals surface area contributed by atoms with Crippen molar-refractivity contribution in [2.45, 2.75) is 13.3 Å². The molecule has 4 heteroatoms. The number of halogens is 2. The molecule has 2 aromatic carbocycles. The lowest BCUT2D eigenvalue weighted by Crippen LogP contribution is -2.05. The predicted octanol–water partition coefficient (Wildman–Crippen LogP) is 5.44. The van der Waals surface area contributed by atoms with Crippen LogP contribution in [0, 0.1) is 6.92 Å². The van der Waals surface area contributed by atoms with E-state index in [4.69, 9.17) is 23.2 Å². The van der Waals surface area contributed by atoms with E-state index in [-0.39, 0.29) is 0 Å². The van der Waals surface area contributed by atoms with Crippen LogP contribution < -0.4 is 5.32 Å². The number of rotatable bonds is 4. The number of hydrogen-bond acceptors (Lipinski definition) is 1. The predicted molar refractivity (Wildman–Crippen MR) is 91.7 cm³/mol. The van der Waals surface area contributed by atoms with Gasteiger partial charge in [0.2, 0.25) is 0 Å². The second-order valence-corrected chi connectivity index (χ2v) is 5.95. The number of H-pyrrole nitrogens is 1. The van der Waals surface area contributed by atoms with Crippen molar-refractivity contribution in [1.82, 2.24) is 4.98 Å². The molecule has 3 rings (SSSR count). The highest BCUT2D eigenvalue weighted by Gasteiger charge is 2.07. The van der Waals surface area contributed by atoms with Crippen molar-refractivity contribution in [3.8, 4) is 0 Å². The van der Waals surface area contributed by atoms with Crippen LogP contribution in [0.4, 0.5) is 5.69 Å². The molecule has 0 saturated heterocycles. The van der Waals surface area contributed by atoms with Crippen molar-refractivity contribution in [2.75, 3.05) is 11.9 Å². The number of para-hydroxylation sites is 1. The third kappa shape index (κ3) is 3.02. The van der Waals surface area contributed by atoms with Crippen LogP contribution in [0.15, 0.2) is 42.6 Å². The molecule has 0 aliphatic rings. The molecule has 108 valence electrons. The quantitative estimate of drug-likeness (QED) is 0.658. The Hall–Kier alpha value is -1.64. The Balaban J connectivity index is 1.72. The van der Waals surface area contributed by atoms with E-state index in [1.807, 2.05) is 25.1 Å². The number of anilines is 1. The molecule has 2 N–H and O–H groups in total. The number of fused-ring (bicyclic) bond motifs is 1. The minimum Gasteiger partial charge on any atom is -0.382 e. The molecule has 0 saturated carbocycles. The van der Waals surface area contributed by atoms with Crippen molar-refractivity contribution < 1.29 is 0 Å². The zero-order chi connectivity index (χ0) is 14.8.